The highest BCUT2D eigenvalue weighted by molar-refractivity contribution is 5.87. The third kappa shape index (κ3) is 3.18. The third-order valence-corrected chi connectivity index (χ3v) is 2.58. The van der Waals surface area contributed by atoms with Gasteiger partial charge in [0, 0.05) is 12.3 Å². The molecule has 102 valence electrons. The van der Waals surface area contributed by atoms with Gasteiger partial charge in [0.25, 0.3) is 0 Å². The zero-order chi connectivity index (χ0) is 14.5. The highest BCUT2D eigenvalue weighted by atomic mass is 16.5. The Morgan fingerprint density at radius 3 is 2.45 bits per heavy atom. The van der Waals surface area contributed by atoms with Crippen molar-refractivity contribution in [3.63, 3.8) is 0 Å². The summed E-state index contributed by atoms with van der Waals surface area (Å²) in [5, 5.41) is 10.2. The van der Waals surface area contributed by atoms with Gasteiger partial charge in [0.05, 0.1) is 12.6 Å². The first-order valence-electron chi connectivity index (χ1n) is 5.91. The summed E-state index contributed by atoms with van der Waals surface area (Å²) in [4.78, 5) is 26.2. The Morgan fingerprint density at radius 2 is 1.85 bits per heavy atom. The van der Waals surface area contributed by atoms with Gasteiger partial charge >= 0.3 is 11.9 Å². The SMILES string of the molecule is C[NH2+]C(=O)c1cc(Oc2ccc(C(=O)O)cc2)ccn1. The van der Waals surface area contributed by atoms with Crippen molar-refractivity contribution in [2.45, 2.75) is 0 Å². The maximum Gasteiger partial charge on any atom is 0.361 e. The first-order valence-corrected chi connectivity index (χ1v) is 5.91. The van der Waals surface area contributed by atoms with Crippen LogP contribution in [0.2, 0.25) is 0 Å². The summed E-state index contributed by atoms with van der Waals surface area (Å²) >= 11 is 0. The quantitative estimate of drug-likeness (QED) is 0.863. The molecule has 0 saturated carbocycles. The number of primary amides is 1. The number of hydrogen-bond acceptors (Lipinski definition) is 4. The van der Waals surface area contributed by atoms with E-state index in [2.05, 4.69) is 4.98 Å². The van der Waals surface area contributed by atoms with Crippen LogP contribution in [0.25, 0.3) is 0 Å². The van der Waals surface area contributed by atoms with E-state index in [0.717, 1.165) is 0 Å². The number of carbonyl (C=O) groups excluding carboxylic acids is 1. The van der Waals surface area contributed by atoms with Crippen molar-refractivity contribution in [3.8, 4) is 11.5 Å². The maximum absolute atomic E-state index is 11.5. The molecule has 1 amide bonds. The second kappa shape index (κ2) is 5.94. The minimum Gasteiger partial charge on any atom is -0.478 e. The molecule has 6 heteroatoms. The molecule has 1 aromatic heterocycles. The minimum absolute atomic E-state index is 0.184. The van der Waals surface area contributed by atoms with Crippen LogP contribution in [-0.4, -0.2) is 29.0 Å². The number of nitrogens with two attached hydrogens (primary N) is 1. The number of aromatic nitrogens is 1. The van der Waals surface area contributed by atoms with Gasteiger partial charge in [0.1, 0.15) is 11.5 Å². The Bertz CT molecular complexity index is 638. The Morgan fingerprint density at radius 1 is 1.15 bits per heavy atom. The molecule has 0 saturated heterocycles. The van der Waals surface area contributed by atoms with Crippen molar-refractivity contribution in [1.29, 1.82) is 0 Å². The van der Waals surface area contributed by atoms with Gasteiger partial charge in [-0.3, -0.25) is 5.32 Å². The molecule has 1 heterocycles. The maximum atomic E-state index is 11.5. The fourth-order valence-electron chi connectivity index (χ4n) is 1.56. The van der Waals surface area contributed by atoms with Crippen molar-refractivity contribution in [1.82, 2.24) is 4.98 Å². The molecule has 0 fully saturated rings. The van der Waals surface area contributed by atoms with Gasteiger partial charge in [0.15, 0.2) is 5.69 Å². The van der Waals surface area contributed by atoms with Crippen LogP contribution in [0.15, 0.2) is 42.6 Å². The molecule has 0 aliphatic carbocycles. The number of hydrogen-bond donors (Lipinski definition) is 2. The van der Waals surface area contributed by atoms with Crippen molar-refractivity contribution < 1.29 is 24.7 Å². The summed E-state index contributed by atoms with van der Waals surface area (Å²) in [6, 6.07) is 9.16. The minimum atomic E-state index is -0.994. The molecule has 0 aliphatic heterocycles. The number of benzene rings is 1. The topological polar surface area (TPSA) is 93.1 Å². The molecule has 0 aliphatic rings. The number of carboxylic acids is 1. The van der Waals surface area contributed by atoms with Gasteiger partial charge in [-0.05, 0) is 30.3 Å². The van der Waals surface area contributed by atoms with E-state index in [1.807, 2.05) is 0 Å². The molecule has 3 N–H and O–H groups in total. The van der Waals surface area contributed by atoms with Gasteiger partial charge < -0.3 is 9.84 Å². The second-order valence-corrected chi connectivity index (χ2v) is 3.96. The summed E-state index contributed by atoms with van der Waals surface area (Å²) < 4.78 is 5.55. The molecular weight excluding hydrogens is 260 g/mol. The molecule has 0 radical (unpaired) electrons. The molecule has 0 atom stereocenters. The van der Waals surface area contributed by atoms with E-state index < -0.39 is 5.97 Å². The van der Waals surface area contributed by atoms with Gasteiger partial charge in [-0.25, -0.2) is 14.6 Å². The van der Waals surface area contributed by atoms with Crippen molar-refractivity contribution in [2.24, 2.45) is 0 Å². The monoisotopic (exact) mass is 273 g/mol. The second-order valence-electron chi connectivity index (χ2n) is 3.96. The average molecular weight is 273 g/mol. The number of aromatic carboxylic acids is 1. The zero-order valence-corrected chi connectivity index (χ0v) is 10.7. The predicted molar refractivity (Wildman–Crippen MR) is 69.9 cm³/mol. The lowest BCUT2D eigenvalue weighted by Crippen LogP contribution is -2.84. The van der Waals surface area contributed by atoms with Crippen LogP contribution in [0, 0.1) is 0 Å². The molecule has 20 heavy (non-hydrogen) atoms. The summed E-state index contributed by atoms with van der Waals surface area (Å²) in [6.07, 6.45) is 1.48. The number of carbonyl (C=O) groups is 2. The van der Waals surface area contributed by atoms with E-state index in [0.29, 0.717) is 17.2 Å². The summed E-state index contributed by atoms with van der Waals surface area (Å²) in [7, 11) is 1.64. The van der Waals surface area contributed by atoms with E-state index in [4.69, 9.17) is 9.84 Å². The standard InChI is InChI=1S/C14H12N2O4/c1-15-13(17)12-8-11(6-7-16-12)20-10-4-2-9(3-5-10)14(18)19/h2-8H,1H3,(H,15,17)(H,18,19)/p+1. The zero-order valence-electron chi connectivity index (χ0n) is 10.7. The Labute approximate surface area is 115 Å². The molecule has 6 nitrogen and oxygen atoms in total. The van der Waals surface area contributed by atoms with Gasteiger partial charge in [-0.15, -0.1) is 0 Å². The van der Waals surface area contributed by atoms with E-state index >= 15 is 0 Å². The van der Waals surface area contributed by atoms with Crippen LogP contribution in [0.5, 0.6) is 11.5 Å². The third-order valence-electron chi connectivity index (χ3n) is 2.58. The number of pyridine rings is 1. The van der Waals surface area contributed by atoms with Crippen LogP contribution in [-0.2, 0) is 0 Å². The van der Waals surface area contributed by atoms with Gasteiger partial charge in [-0.1, -0.05) is 0 Å². The first kappa shape index (κ1) is 13.7. The lowest BCUT2D eigenvalue weighted by atomic mass is 10.2. The van der Waals surface area contributed by atoms with Crippen LogP contribution in [0.4, 0.5) is 0 Å². The van der Waals surface area contributed by atoms with Crippen LogP contribution in [0.3, 0.4) is 0 Å². The number of rotatable bonds is 4. The van der Waals surface area contributed by atoms with Crippen molar-refractivity contribution in [3.05, 3.63) is 53.9 Å². The molecule has 2 aromatic rings. The molecule has 0 bridgehead atoms. The highest BCUT2D eigenvalue weighted by Gasteiger charge is 2.10. The Kier molecular flexibility index (Phi) is 4.07. The van der Waals surface area contributed by atoms with Crippen molar-refractivity contribution in [2.75, 3.05) is 7.05 Å². The highest BCUT2D eigenvalue weighted by Crippen LogP contribution is 2.21. The lowest BCUT2D eigenvalue weighted by Gasteiger charge is -2.06. The fourth-order valence-corrected chi connectivity index (χ4v) is 1.56. The molecule has 0 spiro atoms. The number of ether oxygens (including phenoxy) is 1. The summed E-state index contributed by atoms with van der Waals surface area (Å²) in [5.41, 5.74) is 0.482. The summed E-state index contributed by atoms with van der Waals surface area (Å²) in [6.45, 7) is 0. The molecule has 0 unspecified atom stereocenters. The number of carboxylic acid groups (broad SMARTS) is 1. The largest absolute Gasteiger partial charge is 0.478 e. The smallest absolute Gasteiger partial charge is 0.361 e. The normalized spacial score (nSPS) is 10.1. The average Bonchev–Trinajstić information content (AvgIpc) is 2.47. The molecular formula is C14H13N2O4+. The van der Waals surface area contributed by atoms with Crippen LogP contribution < -0.4 is 10.1 Å². The number of nitrogens with zero attached hydrogens (tertiary/aromatic N) is 1. The van der Waals surface area contributed by atoms with Crippen LogP contribution >= 0.6 is 0 Å². The Balaban J connectivity index is 2.17. The van der Waals surface area contributed by atoms with E-state index in [1.165, 1.54) is 29.7 Å². The fraction of sp³-hybridized carbons (Fsp3) is 0.0714. The first-order chi connectivity index (χ1) is 9.60. The van der Waals surface area contributed by atoms with E-state index in [-0.39, 0.29) is 11.5 Å². The predicted octanol–water partition coefficient (Wildman–Crippen LogP) is 0.905. The van der Waals surface area contributed by atoms with Gasteiger partial charge in [-0.2, -0.15) is 0 Å². The van der Waals surface area contributed by atoms with Gasteiger partial charge in [0.2, 0.25) is 0 Å². The van der Waals surface area contributed by atoms with Crippen molar-refractivity contribution >= 4 is 11.9 Å². The van der Waals surface area contributed by atoms with E-state index in [1.54, 1.807) is 25.2 Å². The Hall–Kier alpha value is -2.73. The molecule has 1 aromatic carbocycles. The molecule has 2 rings (SSSR count). The number of amides is 1. The van der Waals surface area contributed by atoms with Crippen LogP contribution in [0.1, 0.15) is 20.8 Å². The number of quaternary nitrogens is 1. The lowest BCUT2D eigenvalue weighted by molar-refractivity contribution is -0.523. The summed E-state index contributed by atoms with van der Waals surface area (Å²) in [5.74, 6) is -0.225. The van der Waals surface area contributed by atoms with E-state index in [9.17, 15) is 9.59 Å².